The zero-order chi connectivity index (χ0) is 15.6. The Bertz CT molecular complexity index is 656. The zero-order valence-corrected chi connectivity index (χ0v) is 11.5. The summed E-state index contributed by atoms with van der Waals surface area (Å²) in [5.74, 6) is -2.64. The molecule has 0 unspecified atom stereocenters. The Morgan fingerprint density at radius 3 is 2.57 bits per heavy atom. The van der Waals surface area contributed by atoms with Crippen molar-refractivity contribution < 1.29 is 23.1 Å². The van der Waals surface area contributed by atoms with E-state index in [-0.39, 0.29) is 22.6 Å². The number of H-pyrrole nitrogens is 1. The van der Waals surface area contributed by atoms with Crippen molar-refractivity contribution in [1.82, 2.24) is 10.3 Å². The highest BCUT2D eigenvalue weighted by atomic mass is 19.1. The van der Waals surface area contributed by atoms with Crippen molar-refractivity contribution in [3.63, 3.8) is 0 Å². The van der Waals surface area contributed by atoms with Gasteiger partial charge in [0.1, 0.15) is 17.3 Å². The summed E-state index contributed by atoms with van der Waals surface area (Å²) in [4.78, 5) is 25.5. The van der Waals surface area contributed by atoms with Crippen molar-refractivity contribution in [1.29, 1.82) is 0 Å². The van der Waals surface area contributed by atoms with Crippen LogP contribution in [-0.2, 0) is 9.53 Å². The molecule has 1 heterocycles. The van der Waals surface area contributed by atoms with Crippen molar-refractivity contribution in [2.75, 3.05) is 6.61 Å². The third-order valence-corrected chi connectivity index (χ3v) is 2.69. The van der Waals surface area contributed by atoms with E-state index in [2.05, 4.69) is 10.3 Å². The minimum atomic E-state index is -0.857. The number of hydrogen-bond acceptors (Lipinski definition) is 3. The van der Waals surface area contributed by atoms with Crippen LogP contribution in [0.3, 0.4) is 0 Å². The van der Waals surface area contributed by atoms with E-state index in [9.17, 15) is 18.4 Å². The number of benzene rings is 1. The van der Waals surface area contributed by atoms with Gasteiger partial charge < -0.3 is 15.0 Å². The molecule has 0 atom stereocenters. The van der Waals surface area contributed by atoms with Crippen molar-refractivity contribution in [2.45, 2.75) is 19.9 Å². The molecule has 112 valence electrons. The third-order valence-electron chi connectivity index (χ3n) is 2.69. The Kier molecular flexibility index (Phi) is 4.21. The van der Waals surface area contributed by atoms with E-state index in [1.54, 1.807) is 13.8 Å². The summed E-state index contributed by atoms with van der Waals surface area (Å²) in [6.07, 6.45) is 0. The van der Waals surface area contributed by atoms with Crippen LogP contribution < -0.4 is 5.32 Å². The Balaban J connectivity index is 2.12. The molecule has 0 spiro atoms. The van der Waals surface area contributed by atoms with Gasteiger partial charge in [0.15, 0.2) is 6.61 Å². The first-order chi connectivity index (χ1) is 9.88. The molecule has 2 aromatic rings. The highest BCUT2D eigenvalue weighted by molar-refractivity contribution is 5.96. The fourth-order valence-corrected chi connectivity index (χ4v) is 1.83. The molecule has 0 radical (unpaired) electrons. The fourth-order valence-electron chi connectivity index (χ4n) is 1.83. The van der Waals surface area contributed by atoms with Crippen molar-refractivity contribution in [2.24, 2.45) is 0 Å². The van der Waals surface area contributed by atoms with Crippen LogP contribution in [0.1, 0.15) is 24.3 Å². The second-order valence-electron chi connectivity index (χ2n) is 4.80. The van der Waals surface area contributed by atoms with Crippen LogP contribution in [0.25, 0.3) is 10.9 Å². The molecule has 0 bridgehead atoms. The number of aromatic amines is 1. The van der Waals surface area contributed by atoms with E-state index in [1.165, 1.54) is 0 Å². The average Bonchev–Trinajstić information content (AvgIpc) is 2.86. The van der Waals surface area contributed by atoms with E-state index in [1.807, 2.05) is 0 Å². The Morgan fingerprint density at radius 2 is 1.95 bits per heavy atom. The smallest absolute Gasteiger partial charge is 0.355 e. The maximum absolute atomic E-state index is 13.5. The number of nitrogens with one attached hydrogen (secondary N) is 2. The quantitative estimate of drug-likeness (QED) is 0.849. The van der Waals surface area contributed by atoms with Crippen LogP contribution in [-0.4, -0.2) is 29.5 Å². The molecule has 0 aliphatic heterocycles. The molecule has 1 aromatic heterocycles. The molecular formula is C14H14F2N2O3. The highest BCUT2D eigenvalue weighted by Gasteiger charge is 2.16. The molecule has 0 fully saturated rings. The maximum atomic E-state index is 13.5. The number of amides is 1. The number of aromatic nitrogens is 1. The number of carbonyl (C=O) groups is 2. The lowest BCUT2D eigenvalue weighted by molar-refractivity contribution is -0.124. The van der Waals surface area contributed by atoms with Crippen LogP contribution in [0.5, 0.6) is 0 Å². The molecule has 2 rings (SSSR count). The second-order valence-corrected chi connectivity index (χ2v) is 4.80. The molecule has 0 aliphatic carbocycles. The summed E-state index contributed by atoms with van der Waals surface area (Å²) >= 11 is 0. The first-order valence-electron chi connectivity index (χ1n) is 6.31. The topological polar surface area (TPSA) is 71.2 Å². The number of halogens is 2. The average molecular weight is 296 g/mol. The Labute approximate surface area is 119 Å². The van der Waals surface area contributed by atoms with Gasteiger partial charge in [0, 0.05) is 11.4 Å². The molecule has 0 saturated carbocycles. The normalized spacial score (nSPS) is 10.9. The van der Waals surface area contributed by atoms with Crippen LogP contribution in [0.15, 0.2) is 18.2 Å². The van der Waals surface area contributed by atoms with E-state index < -0.39 is 30.1 Å². The molecule has 5 nitrogen and oxygen atoms in total. The van der Waals surface area contributed by atoms with Gasteiger partial charge in [-0.05, 0) is 32.0 Å². The predicted molar refractivity (Wildman–Crippen MR) is 71.8 cm³/mol. The lowest BCUT2D eigenvalue weighted by atomic mass is 10.2. The summed E-state index contributed by atoms with van der Waals surface area (Å²) in [5.41, 5.74) is -0.236. The fraction of sp³-hybridized carbons (Fsp3) is 0.286. The monoisotopic (exact) mass is 296 g/mol. The maximum Gasteiger partial charge on any atom is 0.355 e. The standard InChI is InChI=1S/C14H14F2N2O3/c1-7(2)17-12(19)6-21-14(20)11-5-8-9(15)3-4-10(16)13(8)18-11/h3-5,7,18H,6H2,1-2H3,(H,17,19). The summed E-state index contributed by atoms with van der Waals surface area (Å²) < 4.78 is 31.8. The SMILES string of the molecule is CC(C)NC(=O)COC(=O)c1cc2c(F)ccc(F)c2[nH]1. The van der Waals surface area contributed by atoms with Crippen LogP contribution in [0.4, 0.5) is 8.78 Å². The molecule has 1 amide bonds. The summed E-state index contributed by atoms with van der Waals surface area (Å²) in [6.45, 7) is 3.07. The third kappa shape index (κ3) is 3.36. The van der Waals surface area contributed by atoms with Crippen molar-refractivity contribution in [3.8, 4) is 0 Å². The van der Waals surface area contributed by atoms with Crippen LogP contribution in [0.2, 0.25) is 0 Å². The second kappa shape index (κ2) is 5.90. The van der Waals surface area contributed by atoms with E-state index in [0.717, 1.165) is 18.2 Å². The van der Waals surface area contributed by atoms with Crippen molar-refractivity contribution in [3.05, 3.63) is 35.5 Å². The number of carbonyl (C=O) groups excluding carboxylic acids is 2. The largest absolute Gasteiger partial charge is 0.451 e. The molecule has 1 aromatic carbocycles. The molecule has 2 N–H and O–H groups in total. The predicted octanol–water partition coefficient (Wildman–Crippen LogP) is 2.13. The van der Waals surface area contributed by atoms with Gasteiger partial charge in [-0.3, -0.25) is 4.79 Å². The Morgan fingerprint density at radius 1 is 1.29 bits per heavy atom. The first kappa shape index (κ1) is 15.0. The van der Waals surface area contributed by atoms with Gasteiger partial charge >= 0.3 is 5.97 Å². The molecule has 7 heteroatoms. The summed E-state index contributed by atoms with van der Waals surface area (Å²) in [5, 5.41) is 2.50. The Hall–Kier alpha value is -2.44. The number of fused-ring (bicyclic) bond motifs is 1. The zero-order valence-electron chi connectivity index (χ0n) is 11.5. The van der Waals surface area contributed by atoms with E-state index in [4.69, 9.17) is 4.74 Å². The van der Waals surface area contributed by atoms with Gasteiger partial charge in [-0.1, -0.05) is 0 Å². The van der Waals surface area contributed by atoms with Crippen LogP contribution >= 0.6 is 0 Å². The first-order valence-corrected chi connectivity index (χ1v) is 6.31. The van der Waals surface area contributed by atoms with E-state index in [0.29, 0.717) is 0 Å². The number of hydrogen-bond donors (Lipinski definition) is 2. The summed E-state index contributed by atoms with van der Waals surface area (Å²) in [7, 11) is 0. The molecule has 0 aliphatic rings. The van der Waals surface area contributed by atoms with Gasteiger partial charge in [0.2, 0.25) is 0 Å². The van der Waals surface area contributed by atoms with Gasteiger partial charge in [-0.25, -0.2) is 13.6 Å². The minimum Gasteiger partial charge on any atom is -0.451 e. The lowest BCUT2D eigenvalue weighted by Gasteiger charge is -2.08. The number of rotatable bonds is 4. The molecular weight excluding hydrogens is 282 g/mol. The number of esters is 1. The molecule has 0 saturated heterocycles. The van der Waals surface area contributed by atoms with E-state index >= 15 is 0 Å². The van der Waals surface area contributed by atoms with Gasteiger partial charge in [0.25, 0.3) is 5.91 Å². The minimum absolute atomic E-state index is 0.0476. The highest BCUT2D eigenvalue weighted by Crippen LogP contribution is 2.22. The van der Waals surface area contributed by atoms with Gasteiger partial charge in [-0.15, -0.1) is 0 Å². The number of ether oxygens (including phenoxy) is 1. The lowest BCUT2D eigenvalue weighted by Crippen LogP contribution is -2.34. The van der Waals surface area contributed by atoms with Gasteiger partial charge in [0.05, 0.1) is 5.52 Å². The van der Waals surface area contributed by atoms with Gasteiger partial charge in [-0.2, -0.15) is 0 Å². The van der Waals surface area contributed by atoms with Crippen LogP contribution in [0, 0.1) is 11.6 Å². The van der Waals surface area contributed by atoms with Crippen molar-refractivity contribution >= 4 is 22.8 Å². The molecule has 21 heavy (non-hydrogen) atoms. The summed E-state index contributed by atoms with van der Waals surface area (Å²) in [6, 6.07) is 3.00.